The fraction of sp³-hybridized carbons (Fsp3) is 0.103. The number of nitrogens with two attached hydrogens (primary N) is 1. The quantitative estimate of drug-likeness (QED) is 0.00872. The van der Waals surface area contributed by atoms with Crippen LogP contribution in [0.25, 0.3) is 10.8 Å². The second kappa shape index (κ2) is 22.2. The van der Waals surface area contributed by atoms with Gasteiger partial charge in [0, 0.05) is 12.1 Å². The molecule has 4 N–H and O–H groups in total. The van der Waals surface area contributed by atoms with E-state index in [0.717, 1.165) is 42.5 Å². The van der Waals surface area contributed by atoms with E-state index in [0.29, 0.717) is 6.07 Å². The molecular formula is C29H18F2Li4N8O16S5. The zero-order valence-electron chi connectivity index (χ0n) is 32.9. The molecule has 24 nitrogen and oxygen atoms in total. The molecule has 0 saturated heterocycles. The van der Waals surface area contributed by atoms with Crippen molar-refractivity contribution in [2.24, 2.45) is 20.5 Å². The maximum absolute atomic E-state index is 14.4. The first-order chi connectivity index (χ1) is 28.0. The van der Waals surface area contributed by atoms with Crippen LogP contribution in [0, 0.1) is 12.0 Å². The molecular weight excluding hydrogens is 942 g/mol. The Morgan fingerprint density at radius 3 is 2.05 bits per heavy atom. The van der Waals surface area contributed by atoms with Crippen LogP contribution in [0.15, 0.2) is 88.6 Å². The number of anilines is 3. The molecule has 318 valence electrons. The van der Waals surface area contributed by atoms with Gasteiger partial charge in [0.1, 0.15) is 43.1 Å². The van der Waals surface area contributed by atoms with Gasteiger partial charge in [-0.25, -0.2) is 33.7 Å². The van der Waals surface area contributed by atoms with Gasteiger partial charge in [-0.2, -0.15) is 28.2 Å². The van der Waals surface area contributed by atoms with Crippen LogP contribution >= 0.6 is 12.0 Å². The number of phenolic OH excluding ortho intramolecular Hbond substituents is 1. The largest absolute Gasteiger partial charge is 1.00 e. The summed E-state index contributed by atoms with van der Waals surface area (Å²) in [5, 5.41) is 42.4. The number of halogens is 2. The number of nitrogens with zero attached hydrogens (tertiary/aromatic N) is 6. The average Bonchev–Trinajstić information content (AvgIpc) is 3.14. The second-order valence-corrected chi connectivity index (χ2v) is 18.4. The summed E-state index contributed by atoms with van der Waals surface area (Å²) in [6, 6.07) is 7.50. The van der Waals surface area contributed by atoms with Gasteiger partial charge in [-0.1, -0.05) is 0 Å². The third kappa shape index (κ3) is 13.1. The number of aromatic hydroxyl groups is 1. The van der Waals surface area contributed by atoms with Gasteiger partial charge in [-0.15, -0.1) is 15.3 Å². The normalized spacial score (nSPS) is 12.7. The molecule has 0 fully saturated rings. The number of nitrogen functional groups attached to an aromatic ring is 1. The predicted octanol–water partition coefficient (Wildman–Crippen LogP) is -9.02. The molecule has 6 rings (SSSR count). The number of azo groups is 2. The molecule has 0 spiro atoms. The van der Waals surface area contributed by atoms with Crippen molar-refractivity contribution in [1.29, 1.82) is 0 Å². The Labute approximate surface area is 412 Å². The first-order valence-corrected chi connectivity index (χ1v) is 22.1. The number of sulfone groups is 1. The molecule has 1 aromatic heterocycles. The van der Waals surface area contributed by atoms with Gasteiger partial charge in [0.2, 0.25) is 16.3 Å². The Hall–Kier alpha value is -3.06. The monoisotopic (exact) mass is 960 g/mol. The molecule has 0 radical (unpaired) electrons. The number of hydrogen-bond acceptors (Lipinski definition) is 25. The van der Waals surface area contributed by atoms with E-state index in [-0.39, 0.29) is 126 Å². The van der Waals surface area contributed by atoms with Crippen molar-refractivity contribution in [3.05, 3.63) is 71.7 Å². The van der Waals surface area contributed by atoms with Crippen molar-refractivity contribution in [2.75, 3.05) is 23.4 Å². The Morgan fingerprint density at radius 2 is 1.45 bits per heavy atom. The topological polar surface area (TPSA) is 390 Å². The minimum atomic E-state index is -5.46. The summed E-state index contributed by atoms with van der Waals surface area (Å²) in [5.74, 6) is -3.50. The van der Waals surface area contributed by atoms with Crippen LogP contribution in [-0.4, -0.2) is 74.8 Å². The van der Waals surface area contributed by atoms with Crippen LogP contribution in [0.4, 0.5) is 48.7 Å². The SMILES string of the molecule is Nc1c(N=Nc2ccc(S(=O)(=O)CCOS(=O)(=O)[O-])cc2)c(S(=O)(=O)[O-])cc2cc(SOO[O-])c(N=Nc3cc4c(cc3S(=O)(=O)[O-])Cc3c(F)nc(F)nc3N4)c(O)c12.[Li+].[Li+].[Li+].[Li+]. The zero-order valence-corrected chi connectivity index (χ0v) is 37.0. The Bertz CT molecular complexity index is 3130. The molecule has 0 aliphatic carbocycles. The average molecular weight is 961 g/mol. The Morgan fingerprint density at radius 1 is 0.828 bits per heavy atom. The number of fused-ring (bicyclic) bond motifs is 3. The van der Waals surface area contributed by atoms with E-state index in [2.05, 4.69) is 49.3 Å². The Balaban J connectivity index is 0.00000352. The second-order valence-electron chi connectivity index (χ2n) is 11.8. The molecule has 35 heteroatoms. The van der Waals surface area contributed by atoms with E-state index in [1.54, 1.807) is 0 Å². The van der Waals surface area contributed by atoms with Crippen molar-refractivity contribution in [3.63, 3.8) is 0 Å². The smallest absolute Gasteiger partial charge is 0.744 e. The van der Waals surface area contributed by atoms with Crippen LogP contribution < -0.4 is 91.8 Å². The van der Waals surface area contributed by atoms with Gasteiger partial charge in [-0.3, -0.25) is 9.22 Å². The first-order valence-electron chi connectivity index (χ1n) is 15.6. The molecule has 5 aromatic rings. The Kier molecular flexibility index (Phi) is 19.8. The maximum atomic E-state index is 14.4. The van der Waals surface area contributed by atoms with Gasteiger partial charge < -0.3 is 35.1 Å². The van der Waals surface area contributed by atoms with Crippen LogP contribution in [0.3, 0.4) is 0 Å². The van der Waals surface area contributed by atoms with Crippen molar-refractivity contribution >= 4 is 103 Å². The van der Waals surface area contributed by atoms with E-state index < -0.39 is 120 Å². The minimum Gasteiger partial charge on any atom is -0.744 e. The number of phenols is 1. The van der Waals surface area contributed by atoms with Crippen molar-refractivity contribution < 1.29 is 155 Å². The molecule has 2 heterocycles. The van der Waals surface area contributed by atoms with Crippen molar-refractivity contribution in [3.8, 4) is 5.75 Å². The predicted molar refractivity (Wildman–Crippen MR) is 191 cm³/mol. The summed E-state index contributed by atoms with van der Waals surface area (Å²) in [6.07, 6.45) is -1.83. The first kappa shape index (κ1) is 57.1. The van der Waals surface area contributed by atoms with Gasteiger partial charge in [-0.05, 0) is 59.5 Å². The number of nitrogens with one attached hydrogen (secondary N) is 1. The molecule has 0 amide bonds. The number of rotatable bonds is 14. The fourth-order valence-electron chi connectivity index (χ4n) is 5.47. The third-order valence-corrected chi connectivity index (χ3v) is 12.5. The van der Waals surface area contributed by atoms with Crippen LogP contribution in [0.2, 0.25) is 0 Å². The molecule has 4 aromatic carbocycles. The van der Waals surface area contributed by atoms with Gasteiger partial charge >= 0.3 is 81.5 Å². The minimum absolute atomic E-state index is 0. The molecule has 0 saturated carbocycles. The van der Waals surface area contributed by atoms with Crippen molar-refractivity contribution in [1.82, 2.24) is 9.97 Å². The van der Waals surface area contributed by atoms with Crippen molar-refractivity contribution in [2.45, 2.75) is 26.0 Å². The number of aromatic nitrogens is 2. The molecule has 1 aliphatic heterocycles. The van der Waals surface area contributed by atoms with E-state index in [4.69, 9.17) is 5.73 Å². The number of benzene rings is 4. The van der Waals surface area contributed by atoms with Gasteiger partial charge in [0.25, 0.3) is 0 Å². The molecule has 1 aliphatic rings. The zero-order chi connectivity index (χ0) is 43.9. The number of hydrogen-bond donors (Lipinski definition) is 3. The van der Waals surface area contributed by atoms with Gasteiger partial charge in [0.15, 0.2) is 15.6 Å². The summed E-state index contributed by atoms with van der Waals surface area (Å²) < 4.78 is 167. The molecule has 0 bridgehead atoms. The van der Waals surface area contributed by atoms with E-state index in [1.807, 2.05) is 0 Å². The van der Waals surface area contributed by atoms with E-state index >= 15 is 0 Å². The summed E-state index contributed by atoms with van der Waals surface area (Å²) >= 11 is 0.0510. The summed E-state index contributed by atoms with van der Waals surface area (Å²) in [5.41, 5.74) is 2.77. The summed E-state index contributed by atoms with van der Waals surface area (Å²) in [7, 11) is -20.2. The molecule has 0 unspecified atom stereocenters. The molecule has 0 atom stereocenters. The van der Waals surface area contributed by atoms with Gasteiger partial charge in [0.05, 0.1) is 66.3 Å². The van der Waals surface area contributed by atoms with Crippen LogP contribution in [0.5, 0.6) is 5.75 Å². The molecule has 64 heavy (non-hydrogen) atoms. The van der Waals surface area contributed by atoms with E-state index in [1.165, 1.54) is 0 Å². The van der Waals surface area contributed by atoms with Crippen LogP contribution in [-0.2, 0) is 60.4 Å². The standard InChI is InChI=1S/C29H22F2N8O16S5.4Li/c30-27-16-7-12-9-20(58(44,45)46)18(11-17(12)33-28(16)35-29(31)34-27)37-38-24-19(56-55-54-41)8-13-10-21(59(47,48)49)25(23(32)22(13)26(24)40)39-36-14-1-3-15(4-2-14)57(42,43)6-5-53-60(50,51)52;;;;/h1-4,8-11,40-41H,5-7,32H2,(H,33,34,35)(H,44,45,46)(H,47,48,49)(H,50,51,52);;;;/q;4*+1/p-4. The summed E-state index contributed by atoms with van der Waals surface area (Å²) in [4.78, 5) is 3.53. The summed E-state index contributed by atoms with van der Waals surface area (Å²) in [6.45, 7) is -0.981. The van der Waals surface area contributed by atoms with Crippen LogP contribution in [0.1, 0.15) is 11.1 Å². The fourth-order valence-corrected chi connectivity index (χ4v) is 8.75. The van der Waals surface area contributed by atoms with E-state index in [9.17, 15) is 66.5 Å². The maximum Gasteiger partial charge on any atom is 1.00 e. The third-order valence-electron chi connectivity index (χ3n) is 8.04.